The molecular weight excluding hydrogens is 474 g/mol. The lowest BCUT2D eigenvalue weighted by atomic mass is 9.76. The SMILES string of the molecule is BrCC1CC1.O=C1CC(c2cccc(Cl)c2)C2(CCN(CCc3ccccc3)CC2)O1. The Bertz CT molecular complexity index is 863. The second-order valence-electron chi connectivity index (χ2n) is 9.03. The van der Waals surface area contributed by atoms with Gasteiger partial charge < -0.3 is 9.64 Å². The van der Waals surface area contributed by atoms with Crippen LogP contribution in [0.1, 0.15) is 49.1 Å². The highest BCUT2D eigenvalue weighted by Gasteiger charge is 2.51. The second-order valence-corrected chi connectivity index (χ2v) is 10.1. The van der Waals surface area contributed by atoms with Crippen LogP contribution in [0, 0.1) is 5.92 Å². The van der Waals surface area contributed by atoms with Gasteiger partial charge in [-0.3, -0.25) is 4.79 Å². The van der Waals surface area contributed by atoms with Crippen molar-refractivity contribution >= 4 is 33.5 Å². The topological polar surface area (TPSA) is 29.5 Å². The average molecular weight is 505 g/mol. The number of esters is 1. The molecule has 166 valence electrons. The third kappa shape index (κ3) is 6.12. The van der Waals surface area contributed by atoms with Gasteiger partial charge in [-0.15, -0.1) is 0 Å². The molecule has 2 heterocycles. The summed E-state index contributed by atoms with van der Waals surface area (Å²) in [5, 5.41) is 1.95. The van der Waals surface area contributed by atoms with Gasteiger partial charge in [0.05, 0.1) is 6.42 Å². The molecule has 0 amide bonds. The van der Waals surface area contributed by atoms with E-state index in [4.69, 9.17) is 16.3 Å². The molecule has 1 saturated carbocycles. The molecule has 3 aliphatic rings. The van der Waals surface area contributed by atoms with Crippen LogP contribution in [-0.4, -0.2) is 41.4 Å². The van der Waals surface area contributed by atoms with Crippen LogP contribution in [0.4, 0.5) is 0 Å². The quantitative estimate of drug-likeness (QED) is 0.357. The van der Waals surface area contributed by atoms with Crippen LogP contribution in [0.2, 0.25) is 5.02 Å². The number of rotatable bonds is 5. The van der Waals surface area contributed by atoms with E-state index in [-0.39, 0.29) is 17.5 Å². The summed E-state index contributed by atoms with van der Waals surface area (Å²) in [6.07, 6.45) is 6.24. The van der Waals surface area contributed by atoms with Gasteiger partial charge in [0, 0.05) is 48.7 Å². The number of benzene rings is 2. The Labute approximate surface area is 199 Å². The molecule has 2 aromatic carbocycles. The van der Waals surface area contributed by atoms with E-state index in [2.05, 4.69) is 57.2 Å². The fourth-order valence-electron chi connectivity index (χ4n) is 4.65. The number of hydrogen-bond donors (Lipinski definition) is 0. The molecule has 1 unspecified atom stereocenters. The smallest absolute Gasteiger partial charge is 0.307 e. The Kier molecular flexibility index (Phi) is 7.73. The van der Waals surface area contributed by atoms with Gasteiger partial charge in [-0.2, -0.15) is 0 Å². The number of halogens is 2. The average Bonchev–Trinajstić information content (AvgIpc) is 3.58. The molecule has 1 aliphatic carbocycles. The molecule has 2 aliphatic heterocycles. The number of piperidine rings is 1. The van der Waals surface area contributed by atoms with Gasteiger partial charge in [0.15, 0.2) is 0 Å². The van der Waals surface area contributed by atoms with Crippen molar-refractivity contribution in [2.24, 2.45) is 5.92 Å². The molecule has 0 aromatic heterocycles. The minimum absolute atomic E-state index is 0.0762. The van der Waals surface area contributed by atoms with Gasteiger partial charge in [0.25, 0.3) is 0 Å². The molecule has 1 spiro atoms. The van der Waals surface area contributed by atoms with Crippen LogP contribution in [-0.2, 0) is 16.0 Å². The summed E-state index contributed by atoms with van der Waals surface area (Å²) in [5.41, 5.74) is 2.14. The van der Waals surface area contributed by atoms with E-state index >= 15 is 0 Å². The molecule has 1 atom stereocenters. The monoisotopic (exact) mass is 503 g/mol. The number of alkyl halides is 1. The number of nitrogens with zero attached hydrogens (tertiary/aromatic N) is 1. The third-order valence-corrected chi connectivity index (χ3v) is 7.90. The highest BCUT2D eigenvalue weighted by Crippen LogP contribution is 2.47. The lowest BCUT2D eigenvalue weighted by molar-refractivity contribution is -0.152. The van der Waals surface area contributed by atoms with Crippen LogP contribution < -0.4 is 0 Å². The molecule has 0 N–H and O–H groups in total. The van der Waals surface area contributed by atoms with Gasteiger partial charge >= 0.3 is 5.97 Å². The van der Waals surface area contributed by atoms with Crippen molar-refractivity contribution in [1.82, 2.24) is 4.90 Å². The molecule has 2 saturated heterocycles. The van der Waals surface area contributed by atoms with Gasteiger partial charge in [-0.25, -0.2) is 0 Å². The zero-order chi connectivity index (χ0) is 21.7. The summed E-state index contributed by atoms with van der Waals surface area (Å²) in [6.45, 7) is 2.99. The first-order valence-corrected chi connectivity index (χ1v) is 12.9. The second kappa shape index (κ2) is 10.5. The molecule has 5 heteroatoms. The molecule has 3 nitrogen and oxygen atoms in total. The maximum atomic E-state index is 12.1. The summed E-state index contributed by atoms with van der Waals surface area (Å²) < 4.78 is 5.90. The summed E-state index contributed by atoms with van der Waals surface area (Å²) in [5.74, 6) is 1.09. The van der Waals surface area contributed by atoms with E-state index in [0.717, 1.165) is 55.4 Å². The summed E-state index contributed by atoms with van der Waals surface area (Å²) in [6, 6.07) is 18.5. The molecule has 0 radical (unpaired) electrons. The van der Waals surface area contributed by atoms with Crippen molar-refractivity contribution < 1.29 is 9.53 Å². The fourth-order valence-corrected chi connectivity index (χ4v) is 5.49. The van der Waals surface area contributed by atoms with E-state index in [9.17, 15) is 4.79 Å². The first-order chi connectivity index (χ1) is 15.1. The molecule has 31 heavy (non-hydrogen) atoms. The molecule has 5 rings (SSSR count). The van der Waals surface area contributed by atoms with Crippen molar-refractivity contribution in [3.05, 3.63) is 70.7 Å². The van der Waals surface area contributed by atoms with Crippen molar-refractivity contribution in [3.8, 4) is 0 Å². The summed E-state index contributed by atoms with van der Waals surface area (Å²) in [7, 11) is 0. The number of ether oxygens (including phenoxy) is 1. The largest absolute Gasteiger partial charge is 0.458 e. The van der Waals surface area contributed by atoms with Crippen LogP contribution in [0.3, 0.4) is 0 Å². The van der Waals surface area contributed by atoms with E-state index in [1.165, 1.54) is 23.7 Å². The Balaban J connectivity index is 0.000000407. The lowest BCUT2D eigenvalue weighted by Gasteiger charge is -2.41. The van der Waals surface area contributed by atoms with E-state index < -0.39 is 0 Å². The molecule has 3 fully saturated rings. The number of carbonyl (C=O) groups excluding carboxylic acids is 1. The number of likely N-dealkylation sites (tertiary alicyclic amines) is 1. The zero-order valence-electron chi connectivity index (χ0n) is 17.9. The van der Waals surface area contributed by atoms with Gasteiger partial charge in [-0.05, 0) is 48.4 Å². The van der Waals surface area contributed by atoms with Crippen molar-refractivity contribution in [3.63, 3.8) is 0 Å². The standard InChI is InChI=1S/C22H24ClNO2.C4H7Br/c23-19-8-4-7-18(15-19)20-16-21(25)26-22(20)10-13-24(14-11-22)12-9-17-5-2-1-3-6-17;5-3-4-1-2-4/h1-8,15,20H,9-14,16H2;4H,1-3H2. The van der Waals surface area contributed by atoms with Gasteiger partial charge in [-0.1, -0.05) is 70.0 Å². The Morgan fingerprint density at radius 3 is 2.42 bits per heavy atom. The highest BCUT2D eigenvalue weighted by molar-refractivity contribution is 9.09. The van der Waals surface area contributed by atoms with Crippen LogP contribution in [0.25, 0.3) is 0 Å². The van der Waals surface area contributed by atoms with E-state index in [1.807, 2.05) is 18.2 Å². The molecule has 0 bridgehead atoms. The predicted molar refractivity (Wildman–Crippen MR) is 130 cm³/mol. The predicted octanol–water partition coefficient (Wildman–Crippen LogP) is 6.24. The Morgan fingerprint density at radius 2 is 1.81 bits per heavy atom. The highest BCUT2D eigenvalue weighted by atomic mass is 79.9. The Morgan fingerprint density at radius 1 is 1.06 bits per heavy atom. The van der Waals surface area contributed by atoms with Crippen molar-refractivity contribution in [2.45, 2.75) is 50.0 Å². The lowest BCUT2D eigenvalue weighted by Crippen LogP contribution is -2.47. The normalized spacial score (nSPS) is 22.6. The van der Waals surface area contributed by atoms with E-state index in [1.54, 1.807) is 0 Å². The third-order valence-electron chi connectivity index (χ3n) is 6.75. The minimum atomic E-state index is -0.356. The molecule has 2 aromatic rings. The fraction of sp³-hybridized carbons (Fsp3) is 0.500. The zero-order valence-corrected chi connectivity index (χ0v) is 20.3. The first kappa shape index (κ1) is 22.8. The number of hydrogen-bond acceptors (Lipinski definition) is 3. The number of carbonyl (C=O) groups is 1. The van der Waals surface area contributed by atoms with Crippen LogP contribution in [0.5, 0.6) is 0 Å². The Hall–Kier alpha value is -1.36. The van der Waals surface area contributed by atoms with Crippen LogP contribution >= 0.6 is 27.5 Å². The van der Waals surface area contributed by atoms with Crippen molar-refractivity contribution in [2.75, 3.05) is 25.0 Å². The minimum Gasteiger partial charge on any atom is -0.458 e. The van der Waals surface area contributed by atoms with Gasteiger partial charge in [0.1, 0.15) is 5.60 Å². The first-order valence-electron chi connectivity index (χ1n) is 11.4. The maximum absolute atomic E-state index is 12.1. The maximum Gasteiger partial charge on any atom is 0.307 e. The van der Waals surface area contributed by atoms with Crippen LogP contribution in [0.15, 0.2) is 54.6 Å². The summed E-state index contributed by atoms with van der Waals surface area (Å²) in [4.78, 5) is 14.6. The van der Waals surface area contributed by atoms with Gasteiger partial charge in [0.2, 0.25) is 0 Å². The summed E-state index contributed by atoms with van der Waals surface area (Å²) >= 11 is 9.55. The van der Waals surface area contributed by atoms with Crippen molar-refractivity contribution in [1.29, 1.82) is 0 Å². The molecular formula is C26H31BrClNO2. The van der Waals surface area contributed by atoms with E-state index in [0.29, 0.717) is 6.42 Å².